The fourth-order valence-corrected chi connectivity index (χ4v) is 0.354. The molecule has 0 aliphatic carbocycles. The minimum atomic E-state index is -1.33. The molecule has 0 atom stereocenters. The molecule has 66 valence electrons. The summed E-state index contributed by atoms with van der Waals surface area (Å²) >= 11 is 0. The van der Waals surface area contributed by atoms with Gasteiger partial charge in [0.15, 0.2) is 0 Å². The minimum Gasteiger partial charge on any atom is -0.465 e. The Hall–Kier alpha value is -0.990. The maximum atomic E-state index is 8.78. The van der Waals surface area contributed by atoms with Gasteiger partial charge in [-0.3, -0.25) is 0 Å². The molecule has 0 unspecified atom stereocenters. The van der Waals surface area contributed by atoms with Crippen molar-refractivity contribution in [3.8, 4) is 0 Å². The van der Waals surface area contributed by atoms with E-state index in [0.717, 1.165) is 0 Å². The Balaban J connectivity index is 0. The molecule has 0 aliphatic rings. The number of amides is 1. The number of nitrogens with two attached hydrogens (primary N) is 1. The van der Waals surface area contributed by atoms with E-state index >= 15 is 0 Å². The molecule has 0 spiro atoms. The molecule has 0 saturated carbocycles. The number of rotatable bonds is 1. The first-order valence-electron chi connectivity index (χ1n) is 3.53. The second kappa shape index (κ2) is 7.12. The monoisotopic (exact) mass is 159 g/mol. The van der Waals surface area contributed by atoms with Crippen LogP contribution in [0.2, 0.25) is 0 Å². The number of allylic oxidation sites excluding steroid dienone is 2. The van der Waals surface area contributed by atoms with Crippen molar-refractivity contribution < 1.29 is 9.90 Å². The van der Waals surface area contributed by atoms with E-state index in [-0.39, 0.29) is 0 Å². The van der Waals surface area contributed by atoms with Crippen LogP contribution in [0.5, 0.6) is 0 Å². The molecule has 0 bridgehead atoms. The van der Waals surface area contributed by atoms with E-state index in [9.17, 15) is 0 Å². The summed E-state index contributed by atoms with van der Waals surface area (Å²) in [6.45, 7) is 8.66. The average Bonchev–Trinajstić information content (AvgIpc) is 1.85. The SMILES string of the molecule is CCC(C)=C(C)C.NC(=O)O. The predicted molar refractivity (Wildman–Crippen MR) is 46.6 cm³/mol. The fraction of sp³-hybridized carbons (Fsp3) is 0.625. The quantitative estimate of drug-likeness (QED) is 0.577. The van der Waals surface area contributed by atoms with Gasteiger partial charge in [0.1, 0.15) is 0 Å². The zero-order valence-corrected chi connectivity index (χ0v) is 7.64. The molecule has 3 N–H and O–H groups in total. The van der Waals surface area contributed by atoms with Crippen molar-refractivity contribution in [2.24, 2.45) is 5.73 Å². The van der Waals surface area contributed by atoms with Crippen LogP contribution in [-0.4, -0.2) is 11.2 Å². The number of carboxylic acid groups (broad SMARTS) is 1. The molecular weight excluding hydrogens is 142 g/mol. The second-order valence-electron chi connectivity index (χ2n) is 2.47. The van der Waals surface area contributed by atoms with Crippen LogP contribution < -0.4 is 5.73 Å². The van der Waals surface area contributed by atoms with Crippen LogP contribution in [0.25, 0.3) is 0 Å². The van der Waals surface area contributed by atoms with Crippen molar-refractivity contribution in [1.82, 2.24) is 0 Å². The van der Waals surface area contributed by atoms with Gasteiger partial charge >= 0.3 is 6.09 Å². The number of hydrogen-bond donors (Lipinski definition) is 2. The van der Waals surface area contributed by atoms with Crippen molar-refractivity contribution in [2.45, 2.75) is 34.1 Å². The lowest BCUT2D eigenvalue weighted by Crippen LogP contribution is -2.03. The Bertz CT molecular complexity index is 142. The highest BCUT2D eigenvalue weighted by Gasteiger charge is 1.82. The van der Waals surface area contributed by atoms with Gasteiger partial charge in [0.25, 0.3) is 0 Å². The number of primary amides is 1. The lowest BCUT2D eigenvalue weighted by Gasteiger charge is -1.94. The van der Waals surface area contributed by atoms with Gasteiger partial charge < -0.3 is 10.8 Å². The summed E-state index contributed by atoms with van der Waals surface area (Å²) in [4.78, 5) is 8.78. The molecule has 1 amide bonds. The summed E-state index contributed by atoms with van der Waals surface area (Å²) in [7, 11) is 0. The van der Waals surface area contributed by atoms with Crippen LogP contribution in [0, 0.1) is 0 Å². The third-order valence-corrected chi connectivity index (χ3v) is 1.38. The molecule has 0 aliphatic heterocycles. The van der Waals surface area contributed by atoms with Crippen molar-refractivity contribution in [3.05, 3.63) is 11.1 Å². The molecule has 0 aromatic carbocycles. The van der Waals surface area contributed by atoms with E-state index in [1.807, 2.05) is 0 Å². The molecule has 0 aromatic rings. The van der Waals surface area contributed by atoms with Crippen LogP contribution in [0.15, 0.2) is 11.1 Å². The molecule has 0 fully saturated rings. The molecule has 0 heterocycles. The molecule has 0 radical (unpaired) electrons. The van der Waals surface area contributed by atoms with Gasteiger partial charge in [-0.25, -0.2) is 4.79 Å². The van der Waals surface area contributed by atoms with Gasteiger partial charge in [0.2, 0.25) is 0 Å². The van der Waals surface area contributed by atoms with Gasteiger partial charge in [-0.05, 0) is 27.2 Å². The Morgan fingerprint density at radius 3 is 1.64 bits per heavy atom. The molecule has 3 nitrogen and oxygen atoms in total. The maximum absolute atomic E-state index is 8.78. The standard InChI is InChI=1S/C7H14.CH3NO2/c1-5-7(4)6(2)3;2-1(3)4/h5H2,1-4H3;2H2,(H,3,4). The van der Waals surface area contributed by atoms with Crippen LogP contribution >= 0.6 is 0 Å². The summed E-state index contributed by atoms with van der Waals surface area (Å²) in [5, 5.41) is 7.19. The Morgan fingerprint density at radius 1 is 1.36 bits per heavy atom. The second-order valence-corrected chi connectivity index (χ2v) is 2.47. The lowest BCUT2D eigenvalue weighted by molar-refractivity contribution is 0.205. The lowest BCUT2D eigenvalue weighted by atomic mass is 10.1. The summed E-state index contributed by atoms with van der Waals surface area (Å²) in [5.41, 5.74) is 7.00. The third-order valence-electron chi connectivity index (χ3n) is 1.38. The highest BCUT2D eigenvalue weighted by atomic mass is 16.4. The van der Waals surface area contributed by atoms with Gasteiger partial charge in [-0.1, -0.05) is 18.1 Å². The summed E-state index contributed by atoms with van der Waals surface area (Å²) in [6.07, 6.45) is -0.137. The molecule has 0 rings (SSSR count). The third kappa shape index (κ3) is 17.6. The molecule has 0 aromatic heterocycles. The number of carbonyl (C=O) groups is 1. The normalized spacial score (nSPS) is 7.64. The summed E-state index contributed by atoms with van der Waals surface area (Å²) in [5.74, 6) is 0. The molecule has 11 heavy (non-hydrogen) atoms. The summed E-state index contributed by atoms with van der Waals surface area (Å²) < 4.78 is 0. The first-order valence-corrected chi connectivity index (χ1v) is 3.53. The van der Waals surface area contributed by atoms with E-state index < -0.39 is 6.09 Å². The topological polar surface area (TPSA) is 63.3 Å². The van der Waals surface area contributed by atoms with E-state index in [2.05, 4.69) is 33.4 Å². The van der Waals surface area contributed by atoms with E-state index in [4.69, 9.17) is 9.90 Å². The first-order chi connectivity index (χ1) is 4.91. The smallest absolute Gasteiger partial charge is 0.402 e. The van der Waals surface area contributed by atoms with Gasteiger partial charge in [0.05, 0.1) is 0 Å². The van der Waals surface area contributed by atoms with E-state index in [0.29, 0.717) is 0 Å². The van der Waals surface area contributed by atoms with Crippen LogP contribution in [0.1, 0.15) is 34.1 Å². The van der Waals surface area contributed by atoms with Gasteiger partial charge in [0, 0.05) is 0 Å². The van der Waals surface area contributed by atoms with E-state index in [1.54, 1.807) is 0 Å². The van der Waals surface area contributed by atoms with Crippen molar-refractivity contribution in [2.75, 3.05) is 0 Å². The minimum absolute atomic E-state index is 1.20. The predicted octanol–water partition coefficient (Wildman–Crippen LogP) is 2.38. The van der Waals surface area contributed by atoms with Crippen molar-refractivity contribution >= 4 is 6.09 Å². The van der Waals surface area contributed by atoms with E-state index in [1.165, 1.54) is 17.6 Å². The first kappa shape index (κ1) is 12.7. The highest BCUT2D eigenvalue weighted by molar-refractivity contribution is 5.61. The number of hydrogen-bond acceptors (Lipinski definition) is 1. The van der Waals surface area contributed by atoms with Gasteiger partial charge in [-0.15, -0.1) is 0 Å². The van der Waals surface area contributed by atoms with Crippen molar-refractivity contribution in [3.63, 3.8) is 0 Å². The van der Waals surface area contributed by atoms with Crippen molar-refractivity contribution in [1.29, 1.82) is 0 Å². The van der Waals surface area contributed by atoms with Crippen LogP contribution in [0.4, 0.5) is 4.79 Å². The Labute approximate surface area is 67.9 Å². The zero-order valence-electron chi connectivity index (χ0n) is 7.64. The maximum Gasteiger partial charge on any atom is 0.402 e. The largest absolute Gasteiger partial charge is 0.465 e. The zero-order chi connectivity index (χ0) is 9.44. The molecule has 3 heteroatoms. The fourth-order valence-electron chi connectivity index (χ4n) is 0.354. The molecular formula is C8H17NO2. The van der Waals surface area contributed by atoms with Crippen LogP contribution in [0.3, 0.4) is 0 Å². The summed E-state index contributed by atoms with van der Waals surface area (Å²) in [6, 6.07) is 0. The van der Waals surface area contributed by atoms with Crippen LogP contribution in [-0.2, 0) is 0 Å². The Morgan fingerprint density at radius 2 is 1.64 bits per heavy atom. The average molecular weight is 159 g/mol. The van der Waals surface area contributed by atoms with Gasteiger partial charge in [-0.2, -0.15) is 0 Å². The molecule has 0 saturated heterocycles. The Kier molecular flexibility index (Phi) is 8.20. The highest BCUT2D eigenvalue weighted by Crippen LogP contribution is 2.04.